The molecular weight excluding hydrogens is 171 g/mol. The van der Waals surface area contributed by atoms with Crippen LogP contribution in [-0.4, -0.2) is 19.1 Å². The van der Waals surface area contributed by atoms with Crippen LogP contribution in [0.5, 0.6) is 0 Å². The lowest BCUT2D eigenvalue weighted by Gasteiger charge is -2.40. The summed E-state index contributed by atoms with van der Waals surface area (Å²) in [5.41, 5.74) is 5.85. The smallest absolute Gasteiger partial charge is 0.0301 e. The molecule has 0 atom stereocenters. The van der Waals surface area contributed by atoms with E-state index in [1.807, 2.05) is 7.05 Å². The largest absolute Gasteiger partial charge is 0.329 e. The van der Waals surface area contributed by atoms with Crippen LogP contribution in [0.25, 0.3) is 0 Å². The summed E-state index contributed by atoms with van der Waals surface area (Å²) in [6.07, 6.45) is 3.87. The predicted molar refractivity (Wildman–Crippen MR) is 49.2 cm³/mol. The number of hydrogen-bond donors (Lipinski definition) is 2. The molecule has 0 unspecified atom stereocenters. The summed E-state index contributed by atoms with van der Waals surface area (Å²) in [5.74, 6) is 0. The van der Waals surface area contributed by atoms with Crippen LogP contribution in [0.3, 0.4) is 0 Å². The molecule has 0 aliphatic heterocycles. The van der Waals surface area contributed by atoms with Crippen molar-refractivity contribution >= 4 is 24.8 Å². The lowest BCUT2D eigenvalue weighted by molar-refractivity contribution is 0.208. The molecule has 0 spiro atoms. The summed E-state index contributed by atoms with van der Waals surface area (Å²) in [4.78, 5) is 0. The first-order valence-electron chi connectivity index (χ1n) is 3.22. The van der Waals surface area contributed by atoms with Crippen molar-refractivity contribution in [2.45, 2.75) is 24.8 Å². The topological polar surface area (TPSA) is 38.0 Å². The molecule has 0 amide bonds. The molecule has 2 nitrogen and oxygen atoms in total. The quantitative estimate of drug-likeness (QED) is 0.674. The molecule has 1 saturated carbocycles. The lowest BCUT2D eigenvalue weighted by atomic mass is 9.77. The van der Waals surface area contributed by atoms with Crippen molar-refractivity contribution in [1.29, 1.82) is 0 Å². The maximum absolute atomic E-state index is 5.52. The highest BCUT2D eigenvalue weighted by Crippen LogP contribution is 2.29. The van der Waals surface area contributed by atoms with Gasteiger partial charge in [-0.15, -0.1) is 24.8 Å². The van der Waals surface area contributed by atoms with Gasteiger partial charge < -0.3 is 11.1 Å². The normalized spacial score (nSPS) is 19.8. The molecule has 1 fully saturated rings. The molecule has 0 saturated heterocycles. The molecule has 0 aromatic rings. The molecule has 3 N–H and O–H groups in total. The molecular formula is C6H16Cl2N2. The molecule has 10 heavy (non-hydrogen) atoms. The molecule has 64 valence electrons. The Balaban J connectivity index is 0. The molecule has 0 bridgehead atoms. The van der Waals surface area contributed by atoms with E-state index in [1.54, 1.807) is 0 Å². The molecule has 0 radical (unpaired) electrons. The third-order valence-electron chi connectivity index (χ3n) is 2.23. The van der Waals surface area contributed by atoms with Crippen LogP contribution in [0.2, 0.25) is 0 Å². The zero-order chi connectivity index (χ0) is 6.04. The average molecular weight is 187 g/mol. The van der Waals surface area contributed by atoms with Gasteiger partial charge in [-0.05, 0) is 26.3 Å². The van der Waals surface area contributed by atoms with Gasteiger partial charge in [0, 0.05) is 12.1 Å². The monoisotopic (exact) mass is 186 g/mol. The summed E-state index contributed by atoms with van der Waals surface area (Å²) in [5, 5.41) is 3.24. The van der Waals surface area contributed by atoms with Crippen LogP contribution in [0.15, 0.2) is 0 Å². The van der Waals surface area contributed by atoms with Gasteiger partial charge in [0.1, 0.15) is 0 Å². The molecule has 0 aromatic heterocycles. The van der Waals surface area contributed by atoms with E-state index < -0.39 is 0 Å². The van der Waals surface area contributed by atoms with Crippen molar-refractivity contribution in [2.75, 3.05) is 13.6 Å². The molecule has 1 aliphatic carbocycles. The van der Waals surface area contributed by atoms with Crippen molar-refractivity contribution < 1.29 is 0 Å². The van der Waals surface area contributed by atoms with E-state index in [9.17, 15) is 0 Å². The number of halogens is 2. The molecule has 1 rings (SSSR count). The van der Waals surface area contributed by atoms with Gasteiger partial charge in [-0.1, -0.05) is 0 Å². The second kappa shape index (κ2) is 5.19. The number of nitrogens with one attached hydrogen (secondary N) is 1. The van der Waals surface area contributed by atoms with Gasteiger partial charge in [-0.25, -0.2) is 0 Å². The van der Waals surface area contributed by atoms with Gasteiger partial charge in [0.15, 0.2) is 0 Å². The Morgan fingerprint density at radius 2 is 1.90 bits per heavy atom. The minimum atomic E-state index is 0. The summed E-state index contributed by atoms with van der Waals surface area (Å²) in [6.45, 7) is 0.795. The zero-order valence-electron chi connectivity index (χ0n) is 6.22. The van der Waals surface area contributed by atoms with Crippen molar-refractivity contribution in [3.05, 3.63) is 0 Å². The maximum Gasteiger partial charge on any atom is 0.0301 e. The van der Waals surface area contributed by atoms with Gasteiger partial charge in [0.25, 0.3) is 0 Å². The van der Waals surface area contributed by atoms with E-state index in [0.29, 0.717) is 5.54 Å². The van der Waals surface area contributed by atoms with Crippen molar-refractivity contribution in [3.8, 4) is 0 Å². The van der Waals surface area contributed by atoms with Gasteiger partial charge in [-0.2, -0.15) is 0 Å². The lowest BCUT2D eigenvalue weighted by Crippen LogP contribution is -2.54. The Bertz CT molecular complexity index is 70.3. The first-order valence-corrected chi connectivity index (χ1v) is 3.22. The molecule has 4 heteroatoms. The van der Waals surface area contributed by atoms with Crippen molar-refractivity contribution in [2.24, 2.45) is 5.73 Å². The highest BCUT2D eigenvalue weighted by Gasteiger charge is 2.33. The number of likely N-dealkylation sites (N-methyl/N-ethyl adjacent to an activating group) is 1. The van der Waals surface area contributed by atoms with Crippen LogP contribution < -0.4 is 11.1 Å². The zero-order valence-corrected chi connectivity index (χ0v) is 7.86. The standard InChI is InChI=1S/C6H14N2.2ClH/c1-8-6(5-7)3-2-4-6;;/h8H,2-5,7H2,1H3;2*1H. The molecule has 0 aromatic carbocycles. The van der Waals surface area contributed by atoms with Crippen LogP contribution in [0.1, 0.15) is 19.3 Å². The van der Waals surface area contributed by atoms with E-state index in [0.717, 1.165) is 6.54 Å². The van der Waals surface area contributed by atoms with Crippen LogP contribution >= 0.6 is 24.8 Å². The highest BCUT2D eigenvalue weighted by atomic mass is 35.5. The van der Waals surface area contributed by atoms with E-state index in [-0.39, 0.29) is 24.8 Å². The van der Waals surface area contributed by atoms with E-state index in [2.05, 4.69) is 5.32 Å². The highest BCUT2D eigenvalue weighted by molar-refractivity contribution is 5.85. The van der Waals surface area contributed by atoms with Crippen LogP contribution in [-0.2, 0) is 0 Å². The first-order chi connectivity index (χ1) is 3.83. The minimum absolute atomic E-state index is 0. The first kappa shape index (κ1) is 13.1. The van der Waals surface area contributed by atoms with E-state index in [4.69, 9.17) is 5.73 Å². The molecule has 1 aliphatic rings. The van der Waals surface area contributed by atoms with Crippen LogP contribution in [0.4, 0.5) is 0 Å². The Kier molecular flexibility index (Phi) is 6.81. The average Bonchev–Trinajstić information content (AvgIpc) is 1.67. The Morgan fingerprint density at radius 1 is 1.40 bits per heavy atom. The Morgan fingerprint density at radius 3 is 1.90 bits per heavy atom. The summed E-state index contributed by atoms with van der Waals surface area (Å²) in [6, 6.07) is 0. The van der Waals surface area contributed by atoms with Gasteiger partial charge >= 0.3 is 0 Å². The van der Waals surface area contributed by atoms with Crippen LogP contribution in [0, 0.1) is 0 Å². The fraction of sp³-hybridized carbons (Fsp3) is 1.00. The SMILES string of the molecule is CNC1(CN)CCC1.Cl.Cl. The Labute approximate surface area is 74.8 Å². The number of rotatable bonds is 2. The second-order valence-electron chi connectivity index (χ2n) is 2.59. The number of nitrogens with two attached hydrogens (primary N) is 1. The summed E-state index contributed by atoms with van der Waals surface area (Å²) in [7, 11) is 1.99. The van der Waals surface area contributed by atoms with Gasteiger partial charge in [0.05, 0.1) is 0 Å². The summed E-state index contributed by atoms with van der Waals surface area (Å²) < 4.78 is 0. The van der Waals surface area contributed by atoms with Gasteiger partial charge in [-0.3, -0.25) is 0 Å². The van der Waals surface area contributed by atoms with E-state index >= 15 is 0 Å². The fourth-order valence-corrected chi connectivity index (χ4v) is 1.16. The third-order valence-corrected chi connectivity index (χ3v) is 2.23. The van der Waals surface area contributed by atoms with E-state index in [1.165, 1.54) is 19.3 Å². The molecule has 0 heterocycles. The second-order valence-corrected chi connectivity index (χ2v) is 2.59. The number of hydrogen-bond acceptors (Lipinski definition) is 2. The Hall–Kier alpha value is 0.500. The maximum atomic E-state index is 5.52. The third kappa shape index (κ3) is 2.27. The van der Waals surface area contributed by atoms with Crippen molar-refractivity contribution in [1.82, 2.24) is 5.32 Å². The van der Waals surface area contributed by atoms with Crippen molar-refractivity contribution in [3.63, 3.8) is 0 Å². The fourth-order valence-electron chi connectivity index (χ4n) is 1.16. The van der Waals surface area contributed by atoms with Gasteiger partial charge in [0.2, 0.25) is 0 Å². The summed E-state index contributed by atoms with van der Waals surface area (Å²) >= 11 is 0. The predicted octanol–water partition coefficient (Wildman–Crippen LogP) is 0.931. The minimum Gasteiger partial charge on any atom is -0.329 e.